The van der Waals surface area contributed by atoms with Crippen LogP contribution in [0, 0.1) is 0 Å². The van der Waals surface area contributed by atoms with Gasteiger partial charge >= 0.3 is 6.36 Å². The Bertz CT molecular complexity index is 617. The summed E-state index contributed by atoms with van der Waals surface area (Å²) in [4.78, 5) is 24.0. The zero-order chi connectivity index (χ0) is 17.3. The molecule has 23 heavy (non-hydrogen) atoms. The van der Waals surface area contributed by atoms with E-state index in [1.807, 2.05) is 0 Å². The second-order valence-corrected chi connectivity index (χ2v) is 5.43. The highest BCUT2D eigenvalue weighted by Crippen LogP contribution is 2.36. The molecule has 5 nitrogen and oxygen atoms in total. The van der Waals surface area contributed by atoms with Crippen LogP contribution in [0.15, 0.2) is 24.3 Å². The van der Waals surface area contributed by atoms with E-state index >= 15 is 0 Å². The van der Waals surface area contributed by atoms with Crippen LogP contribution in [0.2, 0.25) is 0 Å². The summed E-state index contributed by atoms with van der Waals surface area (Å²) in [6, 6.07) is 4.88. The van der Waals surface area contributed by atoms with Crippen molar-refractivity contribution in [3.8, 4) is 5.75 Å². The van der Waals surface area contributed by atoms with Gasteiger partial charge in [-0.3, -0.25) is 9.59 Å². The fourth-order valence-electron chi connectivity index (χ4n) is 2.84. The molecule has 0 bridgehead atoms. The minimum absolute atomic E-state index is 0.151. The fourth-order valence-corrected chi connectivity index (χ4v) is 2.84. The quantitative estimate of drug-likeness (QED) is 0.889. The summed E-state index contributed by atoms with van der Waals surface area (Å²) in [5.41, 5.74) is -1.40. The number of Topliss-reactive ketones (excluding diaryl/α,β-unsaturated/α-hetero) is 1. The molecule has 0 aromatic heterocycles. The number of hydrogen-bond donors (Lipinski definition) is 2. The average molecular weight is 331 g/mol. The smallest absolute Gasteiger partial charge is 0.406 e. The molecule has 2 rings (SSSR count). The standard InChI is InChI=1S/C15H16F3NO4/c1-9(20)19-14(7-3-6-12(21)13(14)22)10-4-2-5-11(8-10)23-15(16,17)18/h2,4-5,8,12,21H,3,6-7H2,1H3,(H,19,20). The SMILES string of the molecule is CC(=O)NC1(c2cccc(OC(F)(F)F)c2)CCCC(O)C1=O. The monoisotopic (exact) mass is 331 g/mol. The Balaban J connectivity index is 2.46. The maximum absolute atomic E-state index is 12.5. The molecule has 2 atom stereocenters. The highest BCUT2D eigenvalue weighted by Gasteiger charge is 2.46. The third-order valence-electron chi connectivity index (χ3n) is 3.70. The third kappa shape index (κ3) is 3.82. The summed E-state index contributed by atoms with van der Waals surface area (Å²) < 4.78 is 40.9. The van der Waals surface area contributed by atoms with Gasteiger partial charge in [0.25, 0.3) is 0 Å². The summed E-state index contributed by atoms with van der Waals surface area (Å²) in [6.07, 6.45) is -5.26. The molecule has 0 spiro atoms. The Morgan fingerprint density at radius 1 is 1.43 bits per heavy atom. The van der Waals surface area contributed by atoms with Crippen molar-refractivity contribution in [1.29, 1.82) is 0 Å². The Morgan fingerprint density at radius 2 is 2.13 bits per heavy atom. The first-order valence-corrected chi connectivity index (χ1v) is 7.01. The van der Waals surface area contributed by atoms with E-state index in [1.165, 1.54) is 19.1 Å². The van der Waals surface area contributed by atoms with Crippen LogP contribution in [0.1, 0.15) is 31.7 Å². The normalized spacial score (nSPS) is 25.1. The molecule has 1 fully saturated rings. The van der Waals surface area contributed by atoms with Crippen LogP contribution < -0.4 is 10.1 Å². The molecule has 126 valence electrons. The summed E-state index contributed by atoms with van der Waals surface area (Å²) in [6.45, 7) is 1.20. The summed E-state index contributed by atoms with van der Waals surface area (Å²) in [5.74, 6) is -1.65. The molecule has 0 heterocycles. The lowest BCUT2D eigenvalue weighted by atomic mass is 9.74. The molecule has 8 heteroatoms. The van der Waals surface area contributed by atoms with E-state index in [-0.39, 0.29) is 18.4 Å². The Hall–Kier alpha value is -2.09. The van der Waals surface area contributed by atoms with Crippen LogP contribution in [-0.2, 0) is 15.1 Å². The number of aliphatic hydroxyl groups is 1. The van der Waals surface area contributed by atoms with Gasteiger partial charge in [0.15, 0.2) is 5.78 Å². The van der Waals surface area contributed by atoms with Crippen molar-refractivity contribution >= 4 is 11.7 Å². The Kier molecular flexibility index (Phi) is 4.65. The number of alkyl halides is 3. The van der Waals surface area contributed by atoms with Gasteiger partial charge in [0.1, 0.15) is 17.4 Å². The summed E-state index contributed by atoms with van der Waals surface area (Å²) >= 11 is 0. The number of halogens is 3. The van der Waals surface area contributed by atoms with Crippen LogP contribution in [0.4, 0.5) is 13.2 Å². The second kappa shape index (κ2) is 6.19. The lowest BCUT2D eigenvalue weighted by Gasteiger charge is -2.38. The largest absolute Gasteiger partial charge is 0.573 e. The van der Waals surface area contributed by atoms with Crippen molar-refractivity contribution in [2.75, 3.05) is 0 Å². The topological polar surface area (TPSA) is 75.6 Å². The highest BCUT2D eigenvalue weighted by molar-refractivity contribution is 5.97. The van der Waals surface area contributed by atoms with Gasteiger partial charge in [-0.05, 0) is 37.0 Å². The van der Waals surface area contributed by atoms with E-state index in [0.717, 1.165) is 12.1 Å². The van der Waals surface area contributed by atoms with Crippen LogP contribution in [-0.4, -0.2) is 29.3 Å². The van der Waals surface area contributed by atoms with E-state index in [0.29, 0.717) is 6.42 Å². The van der Waals surface area contributed by atoms with Crippen molar-refractivity contribution in [3.63, 3.8) is 0 Å². The maximum Gasteiger partial charge on any atom is 0.573 e. The first kappa shape index (κ1) is 17.3. The van der Waals surface area contributed by atoms with Crippen LogP contribution >= 0.6 is 0 Å². The second-order valence-electron chi connectivity index (χ2n) is 5.43. The van der Waals surface area contributed by atoms with Crippen molar-refractivity contribution in [2.24, 2.45) is 0 Å². The van der Waals surface area contributed by atoms with Gasteiger partial charge in [-0.1, -0.05) is 12.1 Å². The van der Waals surface area contributed by atoms with Gasteiger partial charge in [0, 0.05) is 6.92 Å². The summed E-state index contributed by atoms with van der Waals surface area (Å²) in [5, 5.41) is 12.3. The molecule has 2 N–H and O–H groups in total. The first-order chi connectivity index (χ1) is 10.6. The van der Waals surface area contributed by atoms with E-state index in [9.17, 15) is 27.9 Å². The van der Waals surface area contributed by atoms with Gasteiger partial charge in [-0.2, -0.15) is 0 Å². The Morgan fingerprint density at radius 3 is 2.74 bits per heavy atom. The summed E-state index contributed by atoms with van der Waals surface area (Å²) in [7, 11) is 0. The number of ketones is 1. The predicted molar refractivity (Wildman–Crippen MR) is 73.5 cm³/mol. The molecule has 1 saturated carbocycles. The van der Waals surface area contributed by atoms with E-state index in [1.54, 1.807) is 0 Å². The molecular formula is C15H16F3NO4. The molecular weight excluding hydrogens is 315 g/mol. The number of rotatable bonds is 3. The molecule has 0 aliphatic heterocycles. The fraction of sp³-hybridized carbons (Fsp3) is 0.467. The third-order valence-corrected chi connectivity index (χ3v) is 3.70. The minimum Gasteiger partial charge on any atom is -0.406 e. The number of hydrogen-bond acceptors (Lipinski definition) is 4. The molecule has 1 aromatic carbocycles. The number of carbonyl (C=O) groups is 2. The molecule has 1 amide bonds. The maximum atomic E-state index is 12.5. The zero-order valence-corrected chi connectivity index (χ0v) is 12.3. The van der Waals surface area contributed by atoms with Crippen LogP contribution in [0.5, 0.6) is 5.75 Å². The van der Waals surface area contributed by atoms with Gasteiger partial charge in [0.2, 0.25) is 5.91 Å². The number of carbonyl (C=O) groups excluding carboxylic acids is 2. The molecule has 1 aromatic rings. The lowest BCUT2D eigenvalue weighted by molar-refractivity contribution is -0.274. The zero-order valence-electron chi connectivity index (χ0n) is 12.3. The molecule has 1 aliphatic rings. The number of aliphatic hydroxyl groups excluding tert-OH is 1. The Labute approximate surface area is 130 Å². The number of ether oxygens (including phenoxy) is 1. The number of benzene rings is 1. The van der Waals surface area contributed by atoms with Crippen molar-refractivity contribution in [1.82, 2.24) is 5.32 Å². The van der Waals surface area contributed by atoms with Gasteiger partial charge < -0.3 is 15.2 Å². The lowest BCUT2D eigenvalue weighted by Crippen LogP contribution is -2.57. The highest BCUT2D eigenvalue weighted by atomic mass is 19.4. The number of nitrogens with one attached hydrogen (secondary N) is 1. The minimum atomic E-state index is -4.87. The molecule has 0 radical (unpaired) electrons. The molecule has 1 aliphatic carbocycles. The van der Waals surface area contributed by atoms with E-state index in [2.05, 4.69) is 10.1 Å². The van der Waals surface area contributed by atoms with Crippen molar-refractivity contribution < 1.29 is 32.6 Å². The molecule has 0 saturated heterocycles. The van der Waals surface area contributed by atoms with Crippen molar-refractivity contribution in [3.05, 3.63) is 29.8 Å². The van der Waals surface area contributed by atoms with Gasteiger partial charge in [-0.15, -0.1) is 13.2 Å². The van der Waals surface area contributed by atoms with Gasteiger partial charge in [-0.25, -0.2) is 0 Å². The molecule has 2 unspecified atom stereocenters. The average Bonchev–Trinajstić information content (AvgIpc) is 2.42. The predicted octanol–water partition coefficient (Wildman–Crippen LogP) is 2.03. The van der Waals surface area contributed by atoms with Crippen molar-refractivity contribution in [2.45, 2.75) is 44.2 Å². The first-order valence-electron chi connectivity index (χ1n) is 7.01. The van der Waals surface area contributed by atoms with Crippen LogP contribution in [0.3, 0.4) is 0 Å². The van der Waals surface area contributed by atoms with Crippen LogP contribution in [0.25, 0.3) is 0 Å². The number of amides is 1. The van der Waals surface area contributed by atoms with E-state index in [4.69, 9.17) is 0 Å². The van der Waals surface area contributed by atoms with Gasteiger partial charge in [0.05, 0.1) is 0 Å². The van der Waals surface area contributed by atoms with E-state index < -0.39 is 35.4 Å².